The maximum Gasteiger partial charge on any atom is 0.265 e. The first-order chi connectivity index (χ1) is 8.66. The van der Waals surface area contributed by atoms with Gasteiger partial charge in [0.1, 0.15) is 0 Å². The number of nitrogens with one attached hydrogen (secondary N) is 1. The molecule has 0 saturated carbocycles. The molecule has 100 valence electrons. The molecule has 1 aliphatic rings. The van der Waals surface area contributed by atoms with Crippen molar-refractivity contribution in [2.75, 3.05) is 30.8 Å². The summed E-state index contributed by atoms with van der Waals surface area (Å²) in [6.45, 7) is 2.22. The average Bonchev–Trinajstić information content (AvgIpc) is 2.38. The number of anilines is 2. The van der Waals surface area contributed by atoms with E-state index in [2.05, 4.69) is 5.32 Å². The predicted octanol–water partition coefficient (Wildman–Crippen LogP) is 3.04. The van der Waals surface area contributed by atoms with Crippen molar-refractivity contribution < 1.29 is 13.5 Å². The Bertz CT molecular complexity index is 393. The molecule has 0 unspecified atom stereocenters. The molecule has 1 fully saturated rings. The Hall–Kier alpha value is -1.36. The molecule has 3 N–H and O–H groups in total. The molecule has 0 amide bonds. The molecule has 0 atom stereocenters. The van der Waals surface area contributed by atoms with Crippen LogP contribution in [0.15, 0.2) is 18.2 Å². The predicted molar refractivity (Wildman–Crippen MR) is 67.8 cm³/mol. The number of nitrogens with two attached hydrogens (primary N) is 1. The van der Waals surface area contributed by atoms with Gasteiger partial charge in [-0.1, -0.05) is 0 Å². The number of alkyl halides is 2. The smallest absolute Gasteiger partial charge is 0.265 e. The molecule has 0 aromatic heterocycles. The van der Waals surface area contributed by atoms with E-state index in [1.54, 1.807) is 12.1 Å². The van der Waals surface area contributed by atoms with Crippen LogP contribution < -0.4 is 11.1 Å². The van der Waals surface area contributed by atoms with Crippen LogP contribution >= 0.6 is 0 Å². The summed E-state index contributed by atoms with van der Waals surface area (Å²) in [4.78, 5) is 0. The van der Waals surface area contributed by atoms with Gasteiger partial charge in [-0.25, -0.2) is 8.78 Å². The lowest BCUT2D eigenvalue weighted by atomic mass is 10.00. The minimum absolute atomic E-state index is 0.0259. The van der Waals surface area contributed by atoms with Crippen molar-refractivity contribution >= 4 is 11.4 Å². The third-order valence-electron chi connectivity index (χ3n) is 3.23. The van der Waals surface area contributed by atoms with Crippen LogP contribution in [0, 0.1) is 5.92 Å². The van der Waals surface area contributed by atoms with Crippen molar-refractivity contribution in [1.29, 1.82) is 0 Å². The van der Waals surface area contributed by atoms with Gasteiger partial charge < -0.3 is 15.8 Å². The monoisotopic (exact) mass is 256 g/mol. The van der Waals surface area contributed by atoms with Crippen LogP contribution in [-0.4, -0.2) is 19.8 Å². The molecule has 1 aliphatic heterocycles. The van der Waals surface area contributed by atoms with Crippen molar-refractivity contribution in [1.82, 2.24) is 0 Å². The van der Waals surface area contributed by atoms with E-state index in [-0.39, 0.29) is 5.56 Å². The van der Waals surface area contributed by atoms with Crippen LogP contribution in [0.4, 0.5) is 20.2 Å². The van der Waals surface area contributed by atoms with Crippen LogP contribution in [-0.2, 0) is 4.74 Å². The van der Waals surface area contributed by atoms with Gasteiger partial charge in [-0.05, 0) is 37.0 Å². The fourth-order valence-corrected chi connectivity index (χ4v) is 2.13. The second-order valence-electron chi connectivity index (χ2n) is 4.58. The van der Waals surface area contributed by atoms with Crippen molar-refractivity contribution in [2.24, 2.45) is 5.92 Å². The van der Waals surface area contributed by atoms with Gasteiger partial charge >= 0.3 is 0 Å². The molecule has 0 aliphatic carbocycles. The van der Waals surface area contributed by atoms with Gasteiger partial charge in [0.15, 0.2) is 0 Å². The minimum Gasteiger partial charge on any atom is -0.399 e. The van der Waals surface area contributed by atoms with E-state index in [1.807, 2.05) is 0 Å². The fourth-order valence-electron chi connectivity index (χ4n) is 2.13. The number of benzene rings is 1. The summed E-state index contributed by atoms with van der Waals surface area (Å²) in [7, 11) is 0. The van der Waals surface area contributed by atoms with Crippen LogP contribution in [0.5, 0.6) is 0 Å². The van der Waals surface area contributed by atoms with Gasteiger partial charge in [-0.3, -0.25) is 0 Å². The van der Waals surface area contributed by atoms with E-state index in [9.17, 15) is 8.78 Å². The Labute approximate surface area is 105 Å². The third-order valence-corrected chi connectivity index (χ3v) is 3.23. The highest BCUT2D eigenvalue weighted by Crippen LogP contribution is 2.29. The molecule has 5 heteroatoms. The van der Waals surface area contributed by atoms with Crippen molar-refractivity contribution in [3.63, 3.8) is 0 Å². The lowest BCUT2D eigenvalue weighted by molar-refractivity contribution is 0.0699. The molecule has 0 spiro atoms. The summed E-state index contributed by atoms with van der Waals surface area (Å²) in [6, 6.07) is 4.59. The second-order valence-corrected chi connectivity index (χ2v) is 4.58. The molecule has 2 rings (SSSR count). The molecule has 1 aromatic rings. The maximum absolute atomic E-state index is 12.9. The Morgan fingerprint density at radius 1 is 1.33 bits per heavy atom. The summed E-state index contributed by atoms with van der Waals surface area (Å²) in [5.74, 6) is 0.488. The molecule has 18 heavy (non-hydrogen) atoms. The zero-order valence-electron chi connectivity index (χ0n) is 10.2. The van der Waals surface area contributed by atoms with E-state index >= 15 is 0 Å². The second kappa shape index (κ2) is 6.00. The summed E-state index contributed by atoms with van der Waals surface area (Å²) >= 11 is 0. The van der Waals surface area contributed by atoms with Gasteiger partial charge in [-0.15, -0.1) is 0 Å². The first-order valence-corrected chi connectivity index (χ1v) is 6.16. The van der Waals surface area contributed by atoms with E-state index in [1.165, 1.54) is 6.07 Å². The largest absolute Gasteiger partial charge is 0.399 e. The van der Waals surface area contributed by atoms with Crippen LogP contribution in [0.2, 0.25) is 0 Å². The Balaban J connectivity index is 1.99. The van der Waals surface area contributed by atoms with Crippen LogP contribution in [0.25, 0.3) is 0 Å². The highest BCUT2D eigenvalue weighted by Gasteiger charge is 2.16. The lowest BCUT2D eigenvalue weighted by Gasteiger charge is -2.23. The van der Waals surface area contributed by atoms with Gasteiger partial charge in [0.2, 0.25) is 0 Å². The number of halogens is 2. The minimum atomic E-state index is -2.51. The Kier molecular flexibility index (Phi) is 4.36. The number of hydrogen-bond acceptors (Lipinski definition) is 3. The van der Waals surface area contributed by atoms with E-state index in [4.69, 9.17) is 10.5 Å². The van der Waals surface area contributed by atoms with E-state index in [0.717, 1.165) is 26.1 Å². The first kappa shape index (κ1) is 13.1. The summed E-state index contributed by atoms with van der Waals surface area (Å²) < 4.78 is 31.0. The first-order valence-electron chi connectivity index (χ1n) is 6.16. The summed E-state index contributed by atoms with van der Waals surface area (Å²) in [6.07, 6.45) is -0.552. The van der Waals surface area contributed by atoms with Crippen molar-refractivity contribution in [2.45, 2.75) is 19.3 Å². The quantitative estimate of drug-likeness (QED) is 0.814. The third kappa shape index (κ3) is 3.32. The number of hydrogen-bond donors (Lipinski definition) is 2. The number of ether oxygens (including phenoxy) is 1. The van der Waals surface area contributed by atoms with E-state index in [0.29, 0.717) is 23.8 Å². The lowest BCUT2D eigenvalue weighted by Crippen LogP contribution is -2.23. The number of rotatable bonds is 4. The molecule has 3 nitrogen and oxygen atoms in total. The molecular formula is C13H18F2N2O. The molecule has 1 heterocycles. The zero-order chi connectivity index (χ0) is 13.0. The molecular weight excluding hydrogens is 238 g/mol. The maximum atomic E-state index is 12.9. The van der Waals surface area contributed by atoms with Gasteiger partial charge in [0.25, 0.3) is 6.43 Å². The molecule has 1 saturated heterocycles. The SMILES string of the molecule is Nc1ccc(NCC2CCOCC2)c(C(F)F)c1. The molecule has 0 bridgehead atoms. The Morgan fingerprint density at radius 2 is 2.06 bits per heavy atom. The summed E-state index contributed by atoms with van der Waals surface area (Å²) in [5, 5.41) is 3.10. The average molecular weight is 256 g/mol. The standard InChI is InChI=1S/C13H18F2N2O/c14-13(15)11-7-10(16)1-2-12(11)17-8-9-3-5-18-6-4-9/h1-2,7,9,13,17H,3-6,8,16H2. The fraction of sp³-hybridized carbons (Fsp3) is 0.538. The van der Waals surface area contributed by atoms with Crippen LogP contribution in [0.3, 0.4) is 0 Å². The summed E-state index contributed by atoms with van der Waals surface area (Å²) in [5.41, 5.74) is 6.34. The van der Waals surface area contributed by atoms with Crippen molar-refractivity contribution in [3.8, 4) is 0 Å². The normalized spacial score (nSPS) is 17.1. The van der Waals surface area contributed by atoms with Gasteiger partial charge in [-0.2, -0.15) is 0 Å². The molecule has 1 aromatic carbocycles. The van der Waals surface area contributed by atoms with Crippen molar-refractivity contribution in [3.05, 3.63) is 23.8 Å². The number of nitrogen functional groups attached to an aromatic ring is 1. The van der Waals surface area contributed by atoms with Crippen LogP contribution in [0.1, 0.15) is 24.8 Å². The van der Waals surface area contributed by atoms with Gasteiger partial charge in [0, 0.05) is 36.7 Å². The van der Waals surface area contributed by atoms with E-state index < -0.39 is 6.43 Å². The molecule has 0 radical (unpaired) electrons. The highest BCUT2D eigenvalue weighted by molar-refractivity contribution is 5.58. The zero-order valence-corrected chi connectivity index (χ0v) is 10.2. The highest BCUT2D eigenvalue weighted by atomic mass is 19.3. The Morgan fingerprint density at radius 3 is 2.72 bits per heavy atom. The van der Waals surface area contributed by atoms with Gasteiger partial charge in [0.05, 0.1) is 0 Å². The topological polar surface area (TPSA) is 47.3 Å².